The molecule has 0 radical (unpaired) electrons. The zero-order valence-electron chi connectivity index (χ0n) is 7.68. The van der Waals surface area contributed by atoms with Crippen LogP contribution in [0.5, 0.6) is 5.75 Å². The lowest BCUT2D eigenvalue weighted by molar-refractivity contribution is -0.118. The Morgan fingerprint density at radius 2 is 2.00 bits per heavy atom. The van der Waals surface area contributed by atoms with Crippen LogP contribution in [-0.2, 0) is 4.79 Å². The highest BCUT2D eigenvalue weighted by Gasteiger charge is 2.18. The number of amides is 1. The van der Waals surface area contributed by atoms with Crippen molar-refractivity contribution in [2.75, 3.05) is 11.9 Å². The molecule has 0 fully saturated rings. The number of rotatable bonds is 0. The van der Waals surface area contributed by atoms with E-state index in [0.717, 1.165) is 22.6 Å². The lowest BCUT2D eigenvalue weighted by atomic mass is 10.1. The molecule has 0 atom stereocenters. The van der Waals surface area contributed by atoms with Gasteiger partial charge in [-0.3, -0.25) is 4.79 Å². The van der Waals surface area contributed by atoms with Gasteiger partial charge in [-0.25, -0.2) is 0 Å². The Morgan fingerprint density at radius 3 is 2.77 bits per heavy atom. The number of aryl methyl sites for hydroxylation is 2. The summed E-state index contributed by atoms with van der Waals surface area (Å²) in [6, 6.07) is 3.97. The predicted octanol–water partition coefficient (Wildman–Crippen LogP) is 1.63. The van der Waals surface area contributed by atoms with Crippen LogP contribution in [0.2, 0.25) is 0 Å². The van der Waals surface area contributed by atoms with Crippen molar-refractivity contribution in [2.24, 2.45) is 0 Å². The van der Waals surface area contributed by atoms with Crippen molar-refractivity contribution < 1.29 is 9.53 Å². The summed E-state index contributed by atoms with van der Waals surface area (Å²) in [6.07, 6.45) is 0. The molecule has 1 heterocycles. The van der Waals surface area contributed by atoms with Gasteiger partial charge in [-0.2, -0.15) is 0 Å². The Labute approximate surface area is 76.7 Å². The fourth-order valence-corrected chi connectivity index (χ4v) is 1.44. The Kier molecular flexibility index (Phi) is 1.72. The third kappa shape index (κ3) is 1.26. The Morgan fingerprint density at radius 1 is 1.31 bits per heavy atom. The number of carbonyl (C=O) groups excluding carboxylic acids is 1. The number of benzene rings is 1. The topological polar surface area (TPSA) is 38.3 Å². The normalized spacial score (nSPS) is 14.5. The molecule has 3 heteroatoms. The summed E-state index contributed by atoms with van der Waals surface area (Å²) < 4.78 is 5.34. The summed E-state index contributed by atoms with van der Waals surface area (Å²) in [5, 5.41) is 2.81. The molecule has 68 valence electrons. The van der Waals surface area contributed by atoms with Crippen LogP contribution in [0.3, 0.4) is 0 Å². The second-order valence-corrected chi connectivity index (χ2v) is 3.24. The van der Waals surface area contributed by atoms with E-state index in [2.05, 4.69) is 5.32 Å². The summed E-state index contributed by atoms with van der Waals surface area (Å²) in [6.45, 7) is 4.04. The van der Waals surface area contributed by atoms with Gasteiger partial charge in [-0.15, -0.1) is 0 Å². The number of anilines is 1. The SMILES string of the molecule is Cc1ccc(C)c2c1NC(=O)CO2. The van der Waals surface area contributed by atoms with Crippen LogP contribution in [0, 0.1) is 13.8 Å². The molecule has 0 aromatic heterocycles. The van der Waals surface area contributed by atoms with Crippen molar-refractivity contribution in [1.29, 1.82) is 0 Å². The first-order chi connectivity index (χ1) is 6.18. The van der Waals surface area contributed by atoms with Gasteiger partial charge in [-0.1, -0.05) is 12.1 Å². The van der Waals surface area contributed by atoms with E-state index in [-0.39, 0.29) is 12.5 Å². The number of ether oxygens (including phenoxy) is 1. The van der Waals surface area contributed by atoms with Crippen LogP contribution >= 0.6 is 0 Å². The molecule has 0 unspecified atom stereocenters. The number of fused-ring (bicyclic) bond motifs is 1. The van der Waals surface area contributed by atoms with E-state index in [1.165, 1.54) is 0 Å². The van der Waals surface area contributed by atoms with Crippen molar-refractivity contribution in [3.63, 3.8) is 0 Å². The molecule has 1 aromatic carbocycles. The molecule has 0 spiro atoms. The van der Waals surface area contributed by atoms with E-state index in [4.69, 9.17) is 4.74 Å². The molecule has 1 aromatic rings. The molecule has 1 N–H and O–H groups in total. The van der Waals surface area contributed by atoms with Crippen molar-refractivity contribution in [3.8, 4) is 5.75 Å². The van der Waals surface area contributed by atoms with Gasteiger partial charge in [0.2, 0.25) is 0 Å². The van der Waals surface area contributed by atoms with Crippen molar-refractivity contribution in [1.82, 2.24) is 0 Å². The predicted molar refractivity (Wildman–Crippen MR) is 50.0 cm³/mol. The lowest BCUT2D eigenvalue weighted by Gasteiger charge is -2.21. The average molecular weight is 177 g/mol. The zero-order valence-corrected chi connectivity index (χ0v) is 7.68. The second-order valence-electron chi connectivity index (χ2n) is 3.24. The molecule has 1 amide bonds. The number of nitrogens with one attached hydrogen (secondary N) is 1. The fraction of sp³-hybridized carbons (Fsp3) is 0.300. The van der Waals surface area contributed by atoms with Gasteiger partial charge < -0.3 is 10.1 Å². The highest BCUT2D eigenvalue weighted by Crippen LogP contribution is 2.33. The van der Waals surface area contributed by atoms with E-state index < -0.39 is 0 Å². The largest absolute Gasteiger partial charge is 0.481 e. The standard InChI is InChI=1S/C10H11NO2/c1-6-3-4-7(2)10-9(6)11-8(12)5-13-10/h3-4H,5H2,1-2H3,(H,11,12). The first kappa shape index (κ1) is 8.10. The van der Waals surface area contributed by atoms with Crippen LogP contribution in [0.1, 0.15) is 11.1 Å². The third-order valence-electron chi connectivity index (χ3n) is 2.17. The summed E-state index contributed by atoms with van der Waals surface area (Å²) in [5.41, 5.74) is 2.91. The van der Waals surface area contributed by atoms with E-state index in [1.807, 2.05) is 26.0 Å². The van der Waals surface area contributed by atoms with Gasteiger partial charge in [0.15, 0.2) is 6.61 Å². The van der Waals surface area contributed by atoms with Crippen molar-refractivity contribution in [3.05, 3.63) is 23.3 Å². The lowest BCUT2D eigenvalue weighted by Crippen LogP contribution is -2.26. The summed E-state index contributed by atoms with van der Waals surface area (Å²) >= 11 is 0. The van der Waals surface area contributed by atoms with Crippen LogP contribution < -0.4 is 10.1 Å². The highest BCUT2D eigenvalue weighted by atomic mass is 16.5. The van der Waals surface area contributed by atoms with E-state index >= 15 is 0 Å². The van der Waals surface area contributed by atoms with E-state index in [1.54, 1.807) is 0 Å². The van der Waals surface area contributed by atoms with Crippen LogP contribution in [0.25, 0.3) is 0 Å². The molecular weight excluding hydrogens is 166 g/mol. The maximum Gasteiger partial charge on any atom is 0.262 e. The maximum atomic E-state index is 11.1. The number of hydrogen-bond acceptors (Lipinski definition) is 2. The maximum absolute atomic E-state index is 11.1. The molecule has 1 aliphatic heterocycles. The fourth-order valence-electron chi connectivity index (χ4n) is 1.44. The van der Waals surface area contributed by atoms with Gasteiger partial charge in [0.05, 0.1) is 5.69 Å². The average Bonchev–Trinajstić information content (AvgIpc) is 2.12. The summed E-state index contributed by atoms with van der Waals surface area (Å²) in [7, 11) is 0. The quantitative estimate of drug-likeness (QED) is 0.654. The van der Waals surface area contributed by atoms with Crippen LogP contribution in [-0.4, -0.2) is 12.5 Å². The molecule has 2 rings (SSSR count). The van der Waals surface area contributed by atoms with Gasteiger partial charge in [-0.05, 0) is 25.0 Å². The first-order valence-corrected chi connectivity index (χ1v) is 4.21. The number of hydrogen-bond donors (Lipinski definition) is 1. The smallest absolute Gasteiger partial charge is 0.262 e. The summed E-state index contributed by atoms with van der Waals surface area (Å²) in [5.74, 6) is 0.723. The zero-order chi connectivity index (χ0) is 9.42. The van der Waals surface area contributed by atoms with Crippen molar-refractivity contribution in [2.45, 2.75) is 13.8 Å². The third-order valence-corrected chi connectivity index (χ3v) is 2.17. The Bertz CT molecular complexity index is 371. The summed E-state index contributed by atoms with van der Waals surface area (Å²) in [4.78, 5) is 11.1. The van der Waals surface area contributed by atoms with Crippen LogP contribution in [0.15, 0.2) is 12.1 Å². The molecular formula is C10H11NO2. The van der Waals surface area contributed by atoms with Gasteiger partial charge in [0, 0.05) is 0 Å². The van der Waals surface area contributed by atoms with Gasteiger partial charge in [0.25, 0.3) is 5.91 Å². The second kappa shape index (κ2) is 2.76. The monoisotopic (exact) mass is 177 g/mol. The molecule has 0 saturated heterocycles. The minimum Gasteiger partial charge on any atom is -0.481 e. The van der Waals surface area contributed by atoms with E-state index in [0.29, 0.717) is 0 Å². The van der Waals surface area contributed by atoms with Crippen LogP contribution in [0.4, 0.5) is 5.69 Å². The Hall–Kier alpha value is -1.51. The molecule has 0 bridgehead atoms. The number of carbonyl (C=O) groups is 1. The minimum absolute atomic E-state index is 0.0822. The van der Waals surface area contributed by atoms with Gasteiger partial charge >= 0.3 is 0 Å². The first-order valence-electron chi connectivity index (χ1n) is 4.21. The van der Waals surface area contributed by atoms with Crippen molar-refractivity contribution >= 4 is 11.6 Å². The van der Waals surface area contributed by atoms with Gasteiger partial charge in [0.1, 0.15) is 5.75 Å². The molecule has 1 aliphatic rings. The minimum atomic E-state index is -0.0822. The highest BCUT2D eigenvalue weighted by molar-refractivity contribution is 5.96. The molecule has 0 aliphatic carbocycles. The Balaban J connectivity index is 2.57. The van der Waals surface area contributed by atoms with E-state index in [9.17, 15) is 4.79 Å². The molecule has 3 nitrogen and oxygen atoms in total. The molecule has 13 heavy (non-hydrogen) atoms. The molecule has 0 saturated carbocycles.